The average molecular weight is 2070 g/mol. The van der Waals surface area contributed by atoms with Gasteiger partial charge >= 0.3 is 0 Å². The summed E-state index contributed by atoms with van der Waals surface area (Å²) in [4.78, 5) is 39.1. The number of pyridine rings is 3. The summed E-state index contributed by atoms with van der Waals surface area (Å²) in [5.74, 6) is -1.32. The maximum Gasteiger partial charge on any atom is 0.163 e. The Labute approximate surface area is 768 Å². The van der Waals surface area contributed by atoms with E-state index < -0.39 is 29.6 Å². The Morgan fingerprint density at radius 2 is 0.851 bits per heavy atom. The molecule has 0 spiro atoms. The fraction of sp³-hybridized carbons (Fsp3) is 0.404. The zero-order valence-corrected chi connectivity index (χ0v) is 78.9. The van der Waals surface area contributed by atoms with E-state index in [1.54, 1.807) is 7.11 Å². The minimum absolute atomic E-state index is 0.0137. The van der Waals surface area contributed by atoms with Crippen LogP contribution < -0.4 is 4.74 Å². The van der Waals surface area contributed by atoms with Gasteiger partial charge in [0.1, 0.15) is 90.9 Å². The van der Waals surface area contributed by atoms with Crippen LogP contribution in [0.3, 0.4) is 0 Å². The minimum atomic E-state index is -0.730. The Kier molecular flexibility index (Phi) is 25.9. The number of aromatic nitrogens is 12. The van der Waals surface area contributed by atoms with Crippen LogP contribution in [0.4, 0.5) is 0 Å². The minimum Gasteiger partial charge on any atom is -0.497 e. The molecule has 4 aromatic carbocycles. The predicted octanol–water partition coefficient (Wildman–Crippen LogP) is 23.7. The van der Waals surface area contributed by atoms with Crippen molar-refractivity contribution in [3.05, 3.63) is 230 Å². The molecule has 3 aliphatic carbocycles. The molecule has 3 saturated heterocycles. The highest BCUT2D eigenvalue weighted by molar-refractivity contribution is 14.1. The van der Waals surface area contributed by atoms with Gasteiger partial charge in [0.25, 0.3) is 0 Å². The van der Waals surface area contributed by atoms with Crippen molar-refractivity contribution < 1.29 is 48.1 Å². The van der Waals surface area contributed by atoms with Crippen LogP contribution in [0.25, 0.3) is 65.8 Å². The van der Waals surface area contributed by atoms with Crippen LogP contribution >= 0.6 is 140 Å². The van der Waals surface area contributed by atoms with Crippen molar-refractivity contribution in [2.45, 2.75) is 198 Å². The first kappa shape index (κ1) is 88.5. The highest BCUT2D eigenvalue weighted by Gasteiger charge is 2.65. The van der Waals surface area contributed by atoms with Crippen LogP contribution in [-0.4, -0.2) is 136 Å². The van der Waals surface area contributed by atoms with Gasteiger partial charge in [-0.25, -0.2) is 44.9 Å². The number of benzene rings is 4. The molecule has 3 saturated carbocycles. The molecule has 13 aromatic rings. The molecule has 14 atom stereocenters. The summed E-state index contributed by atoms with van der Waals surface area (Å²) in [5, 5.41) is 31.1. The quantitative estimate of drug-likeness (QED) is 0.0351. The van der Waals surface area contributed by atoms with Crippen LogP contribution in [0, 0.1) is 19.8 Å². The van der Waals surface area contributed by atoms with E-state index in [1.165, 1.54) is 19.0 Å². The summed E-state index contributed by atoms with van der Waals surface area (Å²) in [5.41, 5.74) is 6.52. The second-order valence-electron chi connectivity index (χ2n) is 33.3. The molecule has 22 nitrogen and oxygen atoms in total. The van der Waals surface area contributed by atoms with E-state index in [0.717, 1.165) is 144 Å². The number of hydrogen-bond donors (Lipinski definition) is 2. The molecule has 634 valence electrons. The third-order valence-electron chi connectivity index (χ3n) is 24.6. The topological polar surface area (TPSA) is 245 Å². The summed E-state index contributed by atoms with van der Waals surface area (Å²) in [6, 6.07) is 37.3. The van der Waals surface area contributed by atoms with Gasteiger partial charge in [-0.2, -0.15) is 0 Å². The lowest BCUT2D eigenvalue weighted by atomic mass is 9.75. The Morgan fingerprint density at radius 3 is 1.22 bits per heavy atom. The number of rotatable bonds is 18. The number of nitrogens with zero attached hydrogens (tertiary/aromatic N) is 12. The number of allylic oxidation sites excluding steroid dienone is 1. The van der Waals surface area contributed by atoms with Crippen LogP contribution in [0.15, 0.2) is 179 Å². The van der Waals surface area contributed by atoms with E-state index >= 15 is 0 Å². The largest absolute Gasteiger partial charge is 0.497 e. The molecule has 2 unspecified atom stereocenters. The van der Waals surface area contributed by atoms with Gasteiger partial charge in [-0.15, -0.1) is 6.58 Å². The van der Waals surface area contributed by atoms with E-state index in [-0.39, 0.29) is 71.0 Å². The molecule has 19 rings (SSSR count). The summed E-state index contributed by atoms with van der Waals surface area (Å²) < 4.78 is 60.5. The molecule has 32 heteroatoms. The number of halogens is 10. The van der Waals surface area contributed by atoms with E-state index in [4.69, 9.17) is 108 Å². The van der Waals surface area contributed by atoms with Gasteiger partial charge < -0.3 is 61.8 Å². The first-order valence-electron chi connectivity index (χ1n) is 39.8. The van der Waals surface area contributed by atoms with Crippen LogP contribution in [0.1, 0.15) is 154 Å². The number of aliphatic hydroxyl groups is 2. The maximum absolute atomic E-state index is 11.5. The third-order valence-corrected chi connectivity index (χ3v) is 29.5. The van der Waals surface area contributed by atoms with E-state index in [2.05, 4.69) is 149 Å². The van der Waals surface area contributed by atoms with Gasteiger partial charge in [-0.3, -0.25) is 0 Å². The Hall–Kier alpha value is -5.94. The van der Waals surface area contributed by atoms with Gasteiger partial charge in [0.05, 0.1) is 115 Å². The lowest BCUT2D eigenvalue weighted by molar-refractivity contribution is -0.174. The Bertz CT molecular complexity index is 5850. The first-order valence-corrected chi connectivity index (χ1v) is 45.5. The Morgan fingerprint density at radius 1 is 0.488 bits per heavy atom. The highest BCUT2D eigenvalue weighted by Crippen LogP contribution is 2.62. The smallest absolute Gasteiger partial charge is 0.163 e. The number of methoxy groups -OCH3 is 1. The summed E-state index contributed by atoms with van der Waals surface area (Å²) in [7, 11) is 1.66. The number of aliphatic hydroxyl groups excluding tert-OH is 2. The molecule has 9 aromatic heterocycles. The van der Waals surface area contributed by atoms with Crippen molar-refractivity contribution >= 4 is 206 Å². The summed E-state index contributed by atoms with van der Waals surface area (Å²) in [6.07, 6.45) is 15.7. The van der Waals surface area contributed by atoms with Crippen molar-refractivity contribution in [1.82, 2.24) is 58.6 Å². The predicted molar refractivity (Wildman–Crippen MR) is 491 cm³/mol. The van der Waals surface area contributed by atoms with Crippen LogP contribution in [0.2, 0.25) is 30.9 Å². The number of hydrogen-bond acceptors (Lipinski definition) is 19. The normalized spacial score (nSPS) is 25.9. The highest BCUT2D eigenvalue weighted by atomic mass is 127. The van der Waals surface area contributed by atoms with Crippen molar-refractivity contribution in [1.29, 1.82) is 0 Å². The number of fused-ring (bicyclic) bond motifs is 9. The fourth-order valence-electron chi connectivity index (χ4n) is 18.9. The molecule has 12 heterocycles. The fourth-order valence-corrected chi connectivity index (χ4v) is 21.4. The molecule has 121 heavy (non-hydrogen) atoms. The molecule has 0 bridgehead atoms. The van der Waals surface area contributed by atoms with E-state index in [9.17, 15) is 10.2 Å². The first-order chi connectivity index (χ1) is 57.7. The van der Waals surface area contributed by atoms with Crippen molar-refractivity contribution in [3.63, 3.8) is 0 Å². The summed E-state index contributed by atoms with van der Waals surface area (Å²) >= 11 is 49.8. The van der Waals surface area contributed by atoms with Gasteiger partial charge in [-0.1, -0.05) is 132 Å². The van der Waals surface area contributed by atoms with Crippen molar-refractivity contribution in [2.75, 3.05) is 13.7 Å². The molecule has 0 radical (unpaired) electrons. The average Bonchev–Trinajstić information content (AvgIpc) is 1.58. The van der Waals surface area contributed by atoms with Gasteiger partial charge in [-0.05, 0) is 253 Å². The molecular formula is C89H88Br3Cl6IN12O10. The van der Waals surface area contributed by atoms with Crippen LogP contribution in [-0.2, 0) is 39.8 Å². The summed E-state index contributed by atoms with van der Waals surface area (Å²) in [6.45, 7) is 21.1. The van der Waals surface area contributed by atoms with Gasteiger partial charge in [0.15, 0.2) is 17.4 Å². The molecule has 2 N–H and O–H groups in total. The van der Waals surface area contributed by atoms with E-state index in [1.807, 2.05) is 181 Å². The second kappa shape index (κ2) is 35.4. The molecular weight excluding hydrogens is 1980 g/mol. The molecule has 6 aliphatic rings. The molecule has 6 fully saturated rings. The Balaban J connectivity index is 0.000000125. The molecule has 0 amide bonds. The lowest BCUT2D eigenvalue weighted by Gasteiger charge is -2.36. The van der Waals surface area contributed by atoms with Gasteiger partial charge in [0.2, 0.25) is 0 Å². The second-order valence-corrected chi connectivity index (χ2v) is 39.3. The van der Waals surface area contributed by atoms with Crippen LogP contribution in [0.5, 0.6) is 5.75 Å². The number of ether oxygens (including phenoxy) is 8. The van der Waals surface area contributed by atoms with Gasteiger partial charge in [0, 0.05) is 54.6 Å². The monoisotopic (exact) mass is 2060 g/mol. The standard InChI is InChI=1S/2C27H27BrCl2N4O3.C26H30ClN3O4.C9H4BrClIN/c2*1-4-27(12-20(35)15-6-5-14-9-17(28)24(30)33-18(14)10-15)11-19(21-22(27)37-26(2,3)36-21)34-8-7-16-23(29)31-13-32-25(16)34;1-5-11-26(15-32-14-17-6-8-18(31-4)9-7-17)13-20(21-22(26)34-25(2,3)33-21)30-12-10-19-23(27)28-16-29-24(19)30;10-7-3-5-1-2-6(12)4-8(5)13-9(7)11/h2*5-10,13,19-22,35H,4,11-12H2,1-3H3;5-10,12,16,20-22H,1,11,13-15H2,2-4H3;1-4H/t2*19-,20?,21+,22+,27-;20-,21+,22+,26+;/m111./s1. The van der Waals surface area contributed by atoms with E-state index in [0.29, 0.717) is 57.0 Å². The zero-order valence-electron chi connectivity index (χ0n) is 67.4. The van der Waals surface area contributed by atoms with Crippen molar-refractivity contribution in [2.24, 2.45) is 16.2 Å². The SMILES string of the molecule is C=CC[C@@]1(COCc2ccc(OC)cc2)C[C@@H](n2ccc3c(Cl)ncnc32)[C@@H]2OC(C)(C)O[C@@H]21.CC[C@]1(CC(O)c2ccc3cc(Br)c(Cl)nc3c2)C[C@@H](n2ccc3c(Cl)ncnc32)[C@@H]2OC(C)(C)O[C@@H]21.CC[C@]1(CC(O)c2ccc3cc(Br)c(Cl)nc3c2)C[C@@H](n2ccc3c(Cl)ncnc32)[C@@H]2OC(C)(C)O[C@@H]21.Clc1nc2cc(I)ccc2cc1Br. The third kappa shape index (κ3) is 17.8. The van der Waals surface area contributed by atoms with Crippen molar-refractivity contribution in [3.8, 4) is 5.75 Å². The maximum atomic E-state index is 11.5. The zero-order chi connectivity index (χ0) is 85.6. The molecule has 3 aliphatic heterocycles. The lowest BCUT2D eigenvalue weighted by Crippen LogP contribution is -2.39.